The third kappa shape index (κ3) is 4.05. The maximum Gasteiger partial charge on any atom is 0.214 e. The normalized spacial score (nSPS) is 10.9. The number of H-pyrrole nitrogens is 1. The maximum absolute atomic E-state index is 14.3. The summed E-state index contributed by atoms with van der Waals surface area (Å²) < 4.78 is 22.4. The van der Waals surface area contributed by atoms with Gasteiger partial charge in [0.25, 0.3) is 0 Å². The highest BCUT2D eigenvalue weighted by Gasteiger charge is 2.20. The molecule has 172 valence electrons. The lowest BCUT2D eigenvalue weighted by Crippen LogP contribution is -2.08. The van der Waals surface area contributed by atoms with E-state index >= 15 is 0 Å². The quantitative estimate of drug-likeness (QED) is 0.269. The minimum Gasteiger partial charge on any atom is -0.454 e. The zero-order chi connectivity index (χ0) is 24.7. The van der Waals surface area contributed by atoms with Crippen LogP contribution in [0.15, 0.2) is 71.3 Å². The van der Waals surface area contributed by atoms with Crippen LogP contribution in [-0.4, -0.2) is 20.5 Å². The van der Waals surface area contributed by atoms with E-state index in [2.05, 4.69) is 26.0 Å². The molecule has 7 nitrogen and oxygen atoms in total. The second kappa shape index (κ2) is 8.74. The number of nitrogens with zero attached hydrogens (tertiary/aromatic N) is 3. The molecule has 3 aromatic carbocycles. The molecule has 3 N–H and O–H groups in total. The Morgan fingerprint density at radius 3 is 2.80 bits per heavy atom. The summed E-state index contributed by atoms with van der Waals surface area (Å²) in [6.07, 6.45) is 1.44. The van der Waals surface area contributed by atoms with Crippen LogP contribution >= 0.6 is 15.9 Å². The Kier molecular flexibility index (Phi) is 5.59. The van der Waals surface area contributed by atoms with E-state index in [4.69, 9.17) is 15.7 Å². The number of ketones is 1. The van der Waals surface area contributed by atoms with Gasteiger partial charge in [-0.2, -0.15) is 10.4 Å². The highest BCUT2D eigenvalue weighted by Crippen LogP contribution is 2.30. The lowest BCUT2D eigenvalue weighted by molar-refractivity contribution is 0.103. The van der Waals surface area contributed by atoms with Gasteiger partial charge in [-0.3, -0.25) is 4.79 Å². The molecule has 9 heteroatoms. The number of aromatic amines is 1. The number of nitrogens with two attached hydrogens (primary N) is 1. The van der Waals surface area contributed by atoms with E-state index in [9.17, 15) is 9.18 Å². The summed E-state index contributed by atoms with van der Waals surface area (Å²) in [5.41, 5.74) is 9.12. The monoisotopic (exact) mass is 529 g/mol. The smallest absolute Gasteiger partial charge is 0.214 e. The van der Waals surface area contributed by atoms with Crippen LogP contribution in [0.5, 0.6) is 11.5 Å². The molecule has 0 saturated heterocycles. The summed E-state index contributed by atoms with van der Waals surface area (Å²) in [6, 6.07) is 18.7. The molecule has 0 fully saturated rings. The molecule has 0 atom stereocenters. The predicted octanol–water partition coefficient (Wildman–Crippen LogP) is 6.04. The molecule has 0 aliphatic heterocycles. The second-order valence-electron chi connectivity index (χ2n) is 7.88. The van der Waals surface area contributed by atoms with Gasteiger partial charge in [0, 0.05) is 15.4 Å². The first-order chi connectivity index (χ1) is 16.9. The van der Waals surface area contributed by atoms with Crippen LogP contribution in [0.25, 0.3) is 16.6 Å². The number of hydrogen-bond acceptors (Lipinski definition) is 5. The molecule has 2 aromatic heterocycles. The van der Waals surface area contributed by atoms with Gasteiger partial charge in [-0.25, -0.2) is 9.07 Å². The van der Waals surface area contributed by atoms with Crippen LogP contribution in [0.1, 0.15) is 27.2 Å². The van der Waals surface area contributed by atoms with Gasteiger partial charge in [-0.05, 0) is 67.1 Å². The molecule has 0 aliphatic rings. The topological polar surface area (TPSA) is 110 Å². The summed E-state index contributed by atoms with van der Waals surface area (Å²) in [4.78, 5) is 16.3. The molecule has 0 amide bonds. The summed E-state index contributed by atoms with van der Waals surface area (Å²) in [5, 5.41) is 14.2. The van der Waals surface area contributed by atoms with Gasteiger partial charge in [0.15, 0.2) is 11.6 Å². The Hall–Kier alpha value is -4.42. The van der Waals surface area contributed by atoms with E-state index in [-0.39, 0.29) is 28.5 Å². The maximum atomic E-state index is 14.3. The molecule has 0 radical (unpaired) electrons. The number of anilines is 1. The number of rotatable bonds is 5. The zero-order valence-electron chi connectivity index (χ0n) is 18.3. The number of hydrogen-bond donors (Lipinski definition) is 2. The predicted molar refractivity (Wildman–Crippen MR) is 133 cm³/mol. The lowest BCUT2D eigenvalue weighted by atomic mass is 10.1. The van der Waals surface area contributed by atoms with Gasteiger partial charge in [0.1, 0.15) is 17.6 Å². The number of carbonyl (C=O) groups excluding carboxylic acids is 1. The number of aryl methyl sites for hydroxylation is 1. The second-order valence-corrected chi connectivity index (χ2v) is 8.79. The SMILES string of the molecule is Cc1cc(Oc2cccc(C#N)c2F)ccc1-n1ncc(C(=O)c2cc3cc(Br)ccc3[nH]2)c1N. The average molecular weight is 530 g/mol. The van der Waals surface area contributed by atoms with Crippen LogP contribution in [0.3, 0.4) is 0 Å². The minimum atomic E-state index is -0.722. The van der Waals surface area contributed by atoms with Crippen molar-refractivity contribution < 1.29 is 13.9 Å². The van der Waals surface area contributed by atoms with Crippen molar-refractivity contribution in [3.63, 3.8) is 0 Å². The van der Waals surface area contributed by atoms with Crippen molar-refractivity contribution in [2.45, 2.75) is 6.92 Å². The van der Waals surface area contributed by atoms with Crippen molar-refractivity contribution in [2.24, 2.45) is 0 Å². The molecule has 0 bridgehead atoms. The number of aromatic nitrogens is 3. The van der Waals surface area contributed by atoms with Crippen LogP contribution in [0, 0.1) is 24.1 Å². The summed E-state index contributed by atoms with van der Waals surface area (Å²) in [5.74, 6) is -0.467. The summed E-state index contributed by atoms with van der Waals surface area (Å²) >= 11 is 3.43. The van der Waals surface area contributed by atoms with Crippen LogP contribution in [0.2, 0.25) is 0 Å². The van der Waals surface area contributed by atoms with Crippen molar-refractivity contribution in [3.05, 3.63) is 99.5 Å². The number of ether oxygens (including phenoxy) is 1. The standard InChI is InChI=1S/C26H17BrFN5O2/c1-14-9-18(35-23-4-2-3-15(12-29)24(23)28)6-8-22(14)33-26(30)19(13-31-33)25(34)21-11-16-10-17(27)5-7-20(16)32-21/h2-11,13,32H,30H2,1H3. The molecule has 2 heterocycles. The number of nitrogen functional groups attached to an aromatic ring is 1. The van der Waals surface area contributed by atoms with E-state index < -0.39 is 5.82 Å². The number of carbonyl (C=O) groups is 1. The van der Waals surface area contributed by atoms with Gasteiger partial charge in [-0.15, -0.1) is 0 Å². The summed E-state index contributed by atoms with van der Waals surface area (Å²) in [7, 11) is 0. The molecule has 0 saturated carbocycles. The third-order valence-electron chi connectivity index (χ3n) is 5.59. The Morgan fingerprint density at radius 2 is 2.03 bits per heavy atom. The van der Waals surface area contributed by atoms with Crippen molar-refractivity contribution in [1.29, 1.82) is 5.26 Å². The van der Waals surface area contributed by atoms with Gasteiger partial charge >= 0.3 is 0 Å². The lowest BCUT2D eigenvalue weighted by Gasteiger charge is -2.12. The Bertz CT molecular complexity index is 1660. The van der Waals surface area contributed by atoms with E-state index in [1.165, 1.54) is 23.0 Å². The first kappa shape index (κ1) is 22.4. The zero-order valence-corrected chi connectivity index (χ0v) is 19.9. The van der Waals surface area contributed by atoms with Crippen molar-refractivity contribution >= 4 is 38.4 Å². The molecule has 35 heavy (non-hydrogen) atoms. The van der Waals surface area contributed by atoms with Gasteiger partial charge < -0.3 is 15.5 Å². The fourth-order valence-electron chi connectivity index (χ4n) is 3.83. The van der Waals surface area contributed by atoms with Gasteiger partial charge in [-0.1, -0.05) is 22.0 Å². The molecule has 5 rings (SSSR count). The van der Waals surface area contributed by atoms with Crippen molar-refractivity contribution in [2.75, 3.05) is 5.73 Å². The van der Waals surface area contributed by atoms with E-state index in [1.807, 2.05) is 25.1 Å². The van der Waals surface area contributed by atoms with E-state index in [1.54, 1.807) is 36.4 Å². The molecular formula is C26H17BrFN5O2. The Balaban J connectivity index is 1.44. The third-order valence-corrected chi connectivity index (χ3v) is 6.08. The summed E-state index contributed by atoms with van der Waals surface area (Å²) in [6.45, 7) is 1.82. The van der Waals surface area contributed by atoms with Gasteiger partial charge in [0.05, 0.1) is 28.7 Å². The molecule has 0 aliphatic carbocycles. The van der Waals surface area contributed by atoms with Crippen molar-refractivity contribution in [3.8, 4) is 23.3 Å². The highest BCUT2D eigenvalue weighted by molar-refractivity contribution is 9.10. The Morgan fingerprint density at radius 1 is 1.20 bits per heavy atom. The van der Waals surface area contributed by atoms with E-state index in [0.717, 1.165) is 20.9 Å². The first-order valence-electron chi connectivity index (χ1n) is 10.5. The number of nitriles is 1. The molecule has 0 unspecified atom stereocenters. The average Bonchev–Trinajstić information content (AvgIpc) is 3.43. The number of benzene rings is 3. The molecular weight excluding hydrogens is 513 g/mol. The van der Waals surface area contributed by atoms with E-state index in [0.29, 0.717) is 17.1 Å². The largest absolute Gasteiger partial charge is 0.454 e. The van der Waals surface area contributed by atoms with Crippen molar-refractivity contribution in [1.82, 2.24) is 14.8 Å². The Labute approximate surface area is 207 Å². The fourth-order valence-corrected chi connectivity index (χ4v) is 4.21. The first-order valence-corrected chi connectivity index (χ1v) is 11.3. The number of halogens is 2. The number of fused-ring (bicyclic) bond motifs is 1. The number of nitrogens with one attached hydrogen (secondary N) is 1. The molecule has 5 aromatic rings. The van der Waals surface area contributed by atoms with Crippen LogP contribution in [0.4, 0.5) is 10.2 Å². The molecule has 0 spiro atoms. The van der Waals surface area contributed by atoms with Crippen LogP contribution in [-0.2, 0) is 0 Å². The van der Waals surface area contributed by atoms with Crippen LogP contribution < -0.4 is 10.5 Å². The minimum absolute atomic E-state index is 0.0481. The highest BCUT2D eigenvalue weighted by atomic mass is 79.9. The van der Waals surface area contributed by atoms with Gasteiger partial charge in [0.2, 0.25) is 5.78 Å². The fraction of sp³-hybridized carbons (Fsp3) is 0.0385.